The van der Waals surface area contributed by atoms with E-state index < -0.39 is 0 Å². The lowest BCUT2D eigenvalue weighted by atomic mass is 10.0. The lowest BCUT2D eigenvalue weighted by molar-refractivity contribution is 0.0678. The summed E-state index contributed by atoms with van der Waals surface area (Å²) < 4.78 is 16.3. The fraction of sp³-hybridized carbons (Fsp3) is 0.455. The number of nitrogens with one attached hydrogen (secondary N) is 1. The Morgan fingerprint density at radius 1 is 1.07 bits per heavy atom. The first kappa shape index (κ1) is 19.5. The number of carbonyl (C=O) groups excluding carboxylic acids is 2. The van der Waals surface area contributed by atoms with Gasteiger partial charge in [0.05, 0.1) is 17.9 Å². The molecule has 7 heteroatoms. The Kier molecular flexibility index (Phi) is 6.14. The molecule has 0 bridgehead atoms. The van der Waals surface area contributed by atoms with E-state index >= 15 is 0 Å². The SMILES string of the molecule is O=C(NC1CCN(C(=O)c2ccoc2)CC1)c1ccc(OCC2CCCO2)cc1. The van der Waals surface area contributed by atoms with Gasteiger partial charge in [-0.15, -0.1) is 0 Å². The van der Waals surface area contributed by atoms with Crippen LogP contribution >= 0.6 is 0 Å². The predicted octanol–water partition coefficient (Wildman–Crippen LogP) is 2.87. The van der Waals surface area contributed by atoms with E-state index in [0.717, 1.165) is 38.0 Å². The topological polar surface area (TPSA) is 81.0 Å². The van der Waals surface area contributed by atoms with Gasteiger partial charge in [0.1, 0.15) is 18.6 Å². The normalized spacial score (nSPS) is 19.9. The Labute approximate surface area is 170 Å². The zero-order chi connectivity index (χ0) is 20.1. The number of nitrogens with zero attached hydrogens (tertiary/aromatic N) is 1. The van der Waals surface area contributed by atoms with Gasteiger partial charge in [-0.25, -0.2) is 0 Å². The van der Waals surface area contributed by atoms with Crippen LogP contribution in [0.3, 0.4) is 0 Å². The Morgan fingerprint density at radius 3 is 2.52 bits per heavy atom. The smallest absolute Gasteiger partial charge is 0.257 e. The lowest BCUT2D eigenvalue weighted by Crippen LogP contribution is -2.46. The lowest BCUT2D eigenvalue weighted by Gasteiger charge is -2.32. The number of likely N-dealkylation sites (tertiary alicyclic amines) is 1. The molecule has 2 fully saturated rings. The highest BCUT2D eigenvalue weighted by molar-refractivity contribution is 5.95. The van der Waals surface area contributed by atoms with Gasteiger partial charge in [0, 0.05) is 31.3 Å². The van der Waals surface area contributed by atoms with Crippen molar-refractivity contribution in [1.29, 1.82) is 0 Å². The van der Waals surface area contributed by atoms with Crippen LogP contribution in [0.1, 0.15) is 46.4 Å². The summed E-state index contributed by atoms with van der Waals surface area (Å²) in [6, 6.07) is 8.91. The molecule has 1 aromatic heterocycles. The van der Waals surface area contributed by atoms with Crippen LogP contribution < -0.4 is 10.1 Å². The molecular weight excluding hydrogens is 372 g/mol. The summed E-state index contributed by atoms with van der Waals surface area (Å²) in [5, 5.41) is 3.07. The van der Waals surface area contributed by atoms with Crippen molar-refractivity contribution in [3.05, 3.63) is 54.0 Å². The number of carbonyl (C=O) groups is 2. The van der Waals surface area contributed by atoms with E-state index in [9.17, 15) is 9.59 Å². The third kappa shape index (κ3) is 4.98. The molecule has 0 spiro atoms. The summed E-state index contributed by atoms with van der Waals surface area (Å²) in [5.74, 6) is 0.612. The quantitative estimate of drug-likeness (QED) is 0.809. The van der Waals surface area contributed by atoms with E-state index in [4.69, 9.17) is 13.9 Å². The minimum Gasteiger partial charge on any atom is -0.491 e. The van der Waals surface area contributed by atoms with Gasteiger partial charge >= 0.3 is 0 Å². The maximum atomic E-state index is 12.5. The van der Waals surface area contributed by atoms with E-state index in [1.807, 2.05) is 12.1 Å². The van der Waals surface area contributed by atoms with Crippen LogP contribution in [0, 0.1) is 0 Å². The number of furan rings is 1. The zero-order valence-corrected chi connectivity index (χ0v) is 16.3. The van der Waals surface area contributed by atoms with Crippen molar-refractivity contribution in [2.24, 2.45) is 0 Å². The molecule has 2 aliphatic rings. The molecule has 4 rings (SSSR count). The van der Waals surface area contributed by atoms with Crippen molar-refractivity contribution >= 4 is 11.8 Å². The number of rotatable bonds is 6. The second-order valence-corrected chi connectivity index (χ2v) is 7.52. The fourth-order valence-corrected chi connectivity index (χ4v) is 3.73. The van der Waals surface area contributed by atoms with Gasteiger partial charge in [0.2, 0.25) is 0 Å². The maximum Gasteiger partial charge on any atom is 0.257 e. The number of hydrogen-bond acceptors (Lipinski definition) is 5. The van der Waals surface area contributed by atoms with Crippen LogP contribution in [0.15, 0.2) is 47.3 Å². The minimum atomic E-state index is -0.102. The predicted molar refractivity (Wildman–Crippen MR) is 106 cm³/mol. The van der Waals surface area contributed by atoms with Crippen LogP contribution in [-0.2, 0) is 4.74 Å². The average molecular weight is 398 g/mol. The van der Waals surface area contributed by atoms with Gasteiger partial charge in [-0.2, -0.15) is 0 Å². The van der Waals surface area contributed by atoms with E-state index in [0.29, 0.717) is 30.8 Å². The zero-order valence-electron chi connectivity index (χ0n) is 16.3. The largest absolute Gasteiger partial charge is 0.491 e. The summed E-state index contributed by atoms with van der Waals surface area (Å²) >= 11 is 0. The van der Waals surface area contributed by atoms with Crippen LogP contribution in [0.5, 0.6) is 5.75 Å². The van der Waals surface area contributed by atoms with Crippen molar-refractivity contribution in [2.75, 3.05) is 26.3 Å². The van der Waals surface area contributed by atoms with E-state index in [1.54, 1.807) is 23.1 Å². The van der Waals surface area contributed by atoms with Crippen molar-refractivity contribution < 1.29 is 23.5 Å². The number of ether oxygens (including phenoxy) is 2. The highest BCUT2D eigenvalue weighted by Gasteiger charge is 2.25. The average Bonchev–Trinajstić information content (AvgIpc) is 3.47. The molecule has 2 aliphatic heterocycles. The Bertz CT molecular complexity index is 804. The Hall–Kier alpha value is -2.80. The number of hydrogen-bond donors (Lipinski definition) is 1. The van der Waals surface area contributed by atoms with Gasteiger partial charge in [-0.3, -0.25) is 9.59 Å². The van der Waals surface area contributed by atoms with Crippen molar-refractivity contribution in [1.82, 2.24) is 10.2 Å². The molecule has 0 saturated carbocycles. The van der Waals surface area contributed by atoms with E-state index in [-0.39, 0.29) is 24.0 Å². The number of benzene rings is 1. The summed E-state index contributed by atoms with van der Waals surface area (Å²) in [4.78, 5) is 26.7. The first-order valence-corrected chi connectivity index (χ1v) is 10.2. The van der Waals surface area contributed by atoms with Crippen molar-refractivity contribution in [3.8, 4) is 5.75 Å². The van der Waals surface area contributed by atoms with Gasteiger partial charge < -0.3 is 24.1 Å². The van der Waals surface area contributed by atoms with Crippen LogP contribution in [0.25, 0.3) is 0 Å². The minimum absolute atomic E-state index is 0.0258. The van der Waals surface area contributed by atoms with Gasteiger partial charge in [0.25, 0.3) is 11.8 Å². The molecule has 1 atom stereocenters. The molecule has 2 saturated heterocycles. The van der Waals surface area contributed by atoms with Gasteiger partial charge in [0.15, 0.2) is 0 Å². The standard InChI is InChI=1S/C22H26N2O5/c25-21(16-3-5-19(6-4-16)29-15-20-2-1-12-28-20)23-18-7-10-24(11-8-18)22(26)17-9-13-27-14-17/h3-6,9,13-14,18,20H,1-2,7-8,10-12,15H2,(H,23,25). The molecule has 2 aromatic rings. The molecule has 1 unspecified atom stereocenters. The van der Waals surface area contributed by atoms with E-state index in [2.05, 4.69) is 5.32 Å². The van der Waals surface area contributed by atoms with Gasteiger partial charge in [-0.1, -0.05) is 0 Å². The van der Waals surface area contributed by atoms with Crippen molar-refractivity contribution in [2.45, 2.75) is 37.8 Å². The van der Waals surface area contributed by atoms with Gasteiger partial charge in [-0.05, 0) is 56.0 Å². The third-order valence-electron chi connectivity index (χ3n) is 5.46. The summed E-state index contributed by atoms with van der Waals surface area (Å²) in [6.07, 6.45) is 6.72. The molecule has 0 radical (unpaired) electrons. The summed E-state index contributed by atoms with van der Waals surface area (Å²) in [6.45, 7) is 2.58. The molecule has 7 nitrogen and oxygen atoms in total. The highest BCUT2D eigenvalue weighted by atomic mass is 16.5. The molecule has 1 N–H and O–H groups in total. The fourth-order valence-electron chi connectivity index (χ4n) is 3.73. The summed E-state index contributed by atoms with van der Waals surface area (Å²) in [5.41, 5.74) is 1.17. The molecule has 2 amide bonds. The second kappa shape index (κ2) is 9.13. The summed E-state index contributed by atoms with van der Waals surface area (Å²) in [7, 11) is 0. The van der Waals surface area contributed by atoms with Crippen LogP contribution in [0.2, 0.25) is 0 Å². The van der Waals surface area contributed by atoms with Crippen LogP contribution in [0.4, 0.5) is 0 Å². The molecule has 3 heterocycles. The first-order valence-electron chi connectivity index (χ1n) is 10.2. The molecule has 1 aromatic carbocycles. The molecular formula is C22H26N2O5. The van der Waals surface area contributed by atoms with Crippen molar-refractivity contribution in [3.63, 3.8) is 0 Å². The second-order valence-electron chi connectivity index (χ2n) is 7.52. The number of piperidine rings is 1. The van der Waals surface area contributed by atoms with E-state index in [1.165, 1.54) is 12.5 Å². The Balaban J connectivity index is 1.22. The molecule has 29 heavy (non-hydrogen) atoms. The monoisotopic (exact) mass is 398 g/mol. The molecule has 0 aliphatic carbocycles. The molecule has 154 valence electrons. The Morgan fingerprint density at radius 2 is 1.86 bits per heavy atom. The third-order valence-corrected chi connectivity index (χ3v) is 5.46. The maximum absolute atomic E-state index is 12.5. The van der Waals surface area contributed by atoms with Crippen LogP contribution in [-0.4, -0.2) is 55.2 Å². The number of amides is 2. The highest BCUT2D eigenvalue weighted by Crippen LogP contribution is 2.18. The first-order chi connectivity index (χ1) is 14.2.